The molecule has 0 radical (unpaired) electrons. The maximum absolute atomic E-state index is 3.36. The van der Waals surface area contributed by atoms with Gasteiger partial charge < -0.3 is 5.32 Å². The van der Waals surface area contributed by atoms with Gasteiger partial charge in [-0.2, -0.15) is 0 Å². The third-order valence-electron chi connectivity index (χ3n) is 3.68. The van der Waals surface area contributed by atoms with Crippen molar-refractivity contribution in [2.75, 3.05) is 7.05 Å². The van der Waals surface area contributed by atoms with Crippen molar-refractivity contribution >= 4 is 0 Å². The summed E-state index contributed by atoms with van der Waals surface area (Å²) in [6.45, 7) is 13.7. The Balaban J connectivity index is 4.53. The Labute approximate surface area is 71.6 Å². The summed E-state index contributed by atoms with van der Waals surface area (Å²) in [6, 6.07) is 0. The minimum absolute atomic E-state index is 0.209. The Morgan fingerprint density at radius 3 is 1.45 bits per heavy atom. The highest BCUT2D eigenvalue weighted by atomic mass is 14.9. The molecule has 0 aromatic carbocycles. The fourth-order valence-electron chi connectivity index (χ4n) is 1.04. The predicted octanol–water partition coefficient (Wildman–Crippen LogP) is 2.67. The SMILES string of the molecule is CNC(C)(C)C(C)(C)C(C)C. The lowest BCUT2D eigenvalue weighted by Gasteiger charge is -2.44. The molecule has 0 rings (SSSR count). The second-order valence-corrected chi connectivity index (χ2v) is 4.75. The van der Waals surface area contributed by atoms with Gasteiger partial charge in [0.15, 0.2) is 0 Å². The topological polar surface area (TPSA) is 12.0 Å². The summed E-state index contributed by atoms with van der Waals surface area (Å²) in [5, 5.41) is 3.36. The molecule has 0 aliphatic heterocycles. The van der Waals surface area contributed by atoms with Crippen LogP contribution in [-0.4, -0.2) is 12.6 Å². The first-order valence-corrected chi connectivity index (χ1v) is 4.44. The first kappa shape index (κ1) is 11.0. The largest absolute Gasteiger partial charge is 0.314 e. The van der Waals surface area contributed by atoms with Gasteiger partial charge in [-0.25, -0.2) is 0 Å². The minimum Gasteiger partial charge on any atom is -0.314 e. The van der Waals surface area contributed by atoms with Crippen LogP contribution < -0.4 is 5.32 Å². The van der Waals surface area contributed by atoms with Crippen molar-refractivity contribution in [1.82, 2.24) is 5.32 Å². The van der Waals surface area contributed by atoms with E-state index in [1.165, 1.54) is 0 Å². The molecule has 1 N–H and O–H groups in total. The summed E-state index contributed by atoms with van der Waals surface area (Å²) in [4.78, 5) is 0. The molecule has 11 heavy (non-hydrogen) atoms. The normalized spacial score (nSPS) is 14.2. The fourth-order valence-corrected chi connectivity index (χ4v) is 1.04. The van der Waals surface area contributed by atoms with Gasteiger partial charge in [-0.05, 0) is 32.2 Å². The molecule has 0 aromatic rings. The van der Waals surface area contributed by atoms with Gasteiger partial charge in [0.05, 0.1) is 0 Å². The molecule has 0 saturated heterocycles. The minimum atomic E-state index is 0.209. The fraction of sp³-hybridized carbons (Fsp3) is 1.00. The number of nitrogens with one attached hydrogen (secondary N) is 1. The molecule has 68 valence electrons. The highest BCUT2D eigenvalue weighted by Gasteiger charge is 2.37. The molecule has 0 aliphatic carbocycles. The van der Waals surface area contributed by atoms with E-state index in [0.29, 0.717) is 11.3 Å². The first-order valence-electron chi connectivity index (χ1n) is 4.44. The lowest BCUT2D eigenvalue weighted by atomic mass is 9.67. The van der Waals surface area contributed by atoms with Crippen LogP contribution in [0.5, 0.6) is 0 Å². The Hall–Kier alpha value is -0.0400. The van der Waals surface area contributed by atoms with Crippen molar-refractivity contribution in [3.63, 3.8) is 0 Å². The van der Waals surface area contributed by atoms with Crippen LogP contribution in [0.4, 0.5) is 0 Å². The van der Waals surface area contributed by atoms with E-state index in [9.17, 15) is 0 Å². The van der Waals surface area contributed by atoms with Crippen LogP contribution in [0.1, 0.15) is 41.5 Å². The Morgan fingerprint density at radius 2 is 1.36 bits per heavy atom. The van der Waals surface area contributed by atoms with Crippen molar-refractivity contribution in [3.8, 4) is 0 Å². The summed E-state index contributed by atoms with van der Waals surface area (Å²) in [5.74, 6) is 0.699. The second-order valence-electron chi connectivity index (χ2n) is 4.75. The Kier molecular flexibility index (Phi) is 3.13. The predicted molar refractivity (Wildman–Crippen MR) is 51.8 cm³/mol. The van der Waals surface area contributed by atoms with Crippen LogP contribution >= 0.6 is 0 Å². The molecule has 0 amide bonds. The smallest absolute Gasteiger partial charge is 0.0175 e. The van der Waals surface area contributed by atoms with Crippen LogP contribution in [-0.2, 0) is 0 Å². The standard InChI is InChI=1S/C10H23N/c1-8(2)9(3,4)10(5,6)11-7/h8,11H,1-7H3. The molecular formula is C10H23N. The summed E-state index contributed by atoms with van der Waals surface area (Å²) in [6.07, 6.45) is 0. The molecule has 0 aliphatic rings. The Bertz CT molecular complexity index is 123. The van der Waals surface area contributed by atoms with E-state index < -0.39 is 0 Å². The lowest BCUT2D eigenvalue weighted by Crippen LogP contribution is -2.52. The molecular weight excluding hydrogens is 134 g/mol. The quantitative estimate of drug-likeness (QED) is 0.664. The van der Waals surface area contributed by atoms with Gasteiger partial charge in [0, 0.05) is 5.54 Å². The molecule has 0 saturated carbocycles. The molecule has 0 aromatic heterocycles. The van der Waals surface area contributed by atoms with E-state index in [1.54, 1.807) is 0 Å². The molecule has 0 bridgehead atoms. The van der Waals surface area contributed by atoms with E-state index in [2.05, 4.69) is 46.9 Å². The average molecular weight is 157 g/mol. The number of rotatable bonds is 3. The van der Waals surface area contributed by atoms with E-state index >= 15 is 0 Å². The molecule has 1 heteroatoms. The maximum atomic E-state index is 3.36. The summed E-state index contributed by atoms with van der Waals surface area (Å²) >= 11 is 0. The van der Waals surface area contributed by atoms with Crippen molar-refractivity contribution in [2.24, 2.45) is 11.3 Å². The molecule has 0 heterocycles. The third-order valence-corrected chi connectivity index (χ3v) is 3.68. The van der Waals surface area contributed by atoms with Gasteiger partial charge in [0.1, 0.15) is 0 Å². The van der Waals surface area contributed by atoms with E-state index in [4.69, 9.17) is 0 Å². The number of hydrogen-bond donors (Lipinski definition) is 1. The van der Waals surface area contributed by atoms with Crippen LogP contribution in [0.3, 0.4) is 0 Å². The maximum Gasteiger partial charge on any atom is 0.0175 e. The average Bonchev–Trinajstić information content (AvgIpc) is 1.87. The highest BCUT2D eigenvalue weighted by Crippen LogP contribution is 2.37. The zero-order chi connectivity index (χ0) is 9.28. The van der Waals surface area contributed by atoms with Crippen LogP contribution in [0.15, 0.2) is 0 Å². The van der Waals surface area contributed by atoms with Crippen LogP contribution in [0.2, 0.25) is 0 Å². The van der Waals surface area contributed by atoms with Gasteiger partial charge in [0.2, 0.25) is 0 Å². The summed E-state index contributed by atoms with van der Waals surface area (Å²) in [7, 11) is 2.03. The first-order chi connectivity index (χ1) is 4.75. The second kappa shape index (κ2) is 3.14. The van der Waals surface area contributed by atoms with Gasteiger partial charge in [-0.3, -0.25) is 0 Å². The Morgan fingerprint density at radius 1 is 1.00 bits per heavy atom. The third kappa shape index (κ3) is 1.96. The van der Waals surface area contributed by atoms with Crippen LogP contribution in [0.25, 0.3) is 0 Å². The zero-order valence-corrected chi connectivity index (χ0v) is 9.08. The van der Waals surface area contributed by atoms with E-state index in [1.807, 2.05) is 7.05 Å². The molecule has 0 spiro atoms. The summed E-state index contributed by atoms with van der Waals surface area (Å²) < 4.78 is 0. The molecule has 0 unspecified atom stereocenters. The monoisotopic (exact) mass is 157 g/mol. The van der Waals surface area contributed by atoms with Gasteiger partial charge >= 0.3 is 0 Å². The zero-order valence-electron chi connectivity index (χ0n) is 9.08. The number of hydrogen-bond acceptors (Lipinski definition) is 1. The lowest BCUT2D eigenvalue weighted by molar-refractivity contribution is 0.104. The van der Waals surface area contributed by atoms with Gasteiger partial charge in [-0.1, -0.05) is 27.7 Å². The van der Waals surface area contributed by atoms with Crippen molar-refractivity contribution in [3.05, 3.63) is 0 Å². The van der Waals surface area contributed by atoms with Crippen molar-refractivity contribution in [2.45, 2.75) is 47.1 Å². The summed E-state index contributed by atoms with van der Waals surface area (Å²) in [5.41, 5.74) is 0.545. The van der Waals surface area contributed by atoms with Gasteiger partial charge in [0.25, 0.3) is 0 Å². The van der Waals surface area contributed by atoms with Gasteiger partial charge in [-0.15, -0.1) is 0 Å². The van der Waals surface area contributed by atoms with Crippen molar-refractivity contribution < 1.29 is 0 Å². The highest BCUT2D eigenvalue weighted by molar-refractivity contribution is 4.93. The molecule has 0 atom stereocenters. The molecule has 1 nitrogen and oxygen atoms in total. The van der Waals surface area contributed by atoms with Crippen molar-refractivity contribution in [1.29, 1.82) is 0 Å². The molecule has 0 fully saturated rings. The van der Waals surface area contributed by atoms with Crippen LogP contribution in [0, 0.1) is 11.3 Å². The van der Waals surface area contributed by atoms with E-state index in [0.717, 1.165) is 0 Å². The van der Waals surface area contributed by atoms with E-state index in [-0.39, 0.29) is 5.54 Å².